The molecule has 100 valence electrons. The smallest absolute Gasteiger partial charge is 0.135 e. The molecule has 0 atom stereocenters. The highest BCUT2D eigenvalue weighted by Crippen LogP contribution is 2.36. The highest BCUT2D eigenvalue weighted by Gasteiger charge is 2.09. The van der Waals surface area contributed by atoms with Crippen molar-refractivity contribution in [3.63, 3.8) is 0 Å². The molecule has 2 aromatic rings. The third-order valence-electron chi connectivity index (χ3n) is 2.43. The van der Waals surface area contributed by atoms with Gasteiger partial charge in [-0.05, 0) is 50.1 Å². The van der Waals surface area contributed by atoms with Gasteiger partial charge in [-0.25, -0.2) is 4.98 Å². The molecule has 0 aliphatic heterocycles. The second-order valence-corrected chi connectivity index (χ2v) is 5.73. The summed E-state index contributed by atoms with van der Waals surface area (Å²) in [6.07, 6.45) is 1.64. The molecule has 2 rings (SSSR count). The number of pyridine rings is 1. The van der Waals surface area contributed by atoms with Gasteiger partial charge in [0.1, 0.15) is 23.3 Å². The minimum atomic E-state index is 0.351. The SMILES string of the molecule is COc1cc(Br)c(OCc2cccnc2Cl)cc1Br. The van der Waals surface area contributed by atoms with Crippen LogP contribution in [-0.4, -0.2) is 12.1 Å². The van der Waals surface area contributed by atoms with Crippen LogP contribution in [-0.2, 0) is 6.61 Å². The number of aromatic nitrogens is 1. The number of halogens is 3. The number of rotatable bonds is 4. The molecule has 0 radical (unpaired) electrons. The van der Waals surface area contributed by atoms with Crippen molar-refractivity contribution in [1.82, 2.24) is 4.98 Å². The summed E-state index contributed by atoms with van der Waals surface area (Å²) in [5.41, 5.74) is 0.836. The van der Waals surface area contributed by atoms with Crippen LogP contribution < -0.4 is 9.47 Å². The molecule has 0 unspecified atom stereocenters. The molecule has 3 nitrogen and oxygen atoms in total. The van der Waals surface area contributed by atoms with Gasteiger partial charge in [-0.2, -0.15) is 0 Å². The van der Waals surface area contributed by atoms with Crippen LogP contribution in [0.25, 0.3) is 0 Å². The summed E-state index contributed by atoms with van der Waals surface area (Å²) in [6, 6.07) is 7.38. The summed E-state index contributed by atoms with van der Waals surface area (Å²) in [5, 5.41) is 0.450. The van der Waals surface area contributed by atoms with E-state index in [0.29, 0.717) is 17.5 Å². The lowest BCUT2D eigenvalue weighted by Crippen LogP contribution is -1.98. The lowest BCUT2D eigenvalue weighted by atomic mass is 10.3. The molecule has 0 amide bonds. The van der Waals surface area contributed by atoms with Gasteiger partial charge >= 0.3 is 0 Å². The van der Waals surface area contributed by atoms with Gasteiger partial charge in [-0.1, -0.05) is 17.7 Å². The van der Waals surface area contributed by atoms with E-state index in [1.54, 1.807) is 13.3 Å². The molecule has 0 fully saturated rings. The quantitative estimate of drug-likeness (QED) is 0.679. The molecular weight excluding hydrogens is 397 g/mol. The third-order valence-corrected chi connectivity index (χ3v) is 4.01. The van der Waals surface area contributed by atoms with E-state index in [2.05, 4.69) is 36.8 Å². The van der Waals surface area contributed by atoms with Crippen LogP contribution in [0.15, 0.2) is 39.4 Å². The second-order valence-electron chi connectivity index (χ2n) is 3.66. The predicted octanol–water partition coefficient (Wildman–Crippen LogP) is 4.85. The molecule has 0 bridgehead atoms. The van der Waals surface area contributed by atoms with E-state index in [9.17, 15) is 0 Å². The highest BCUT2D eigenvalue weighted by molar-refractivity contribution is 9.11. The van der Waals surface area contributed by atoms with Crippen molar-refractivity contribution in [3.8, 4) is 11.5 Å². The predicted molar refractivity (Wildman–Crippen MR) is 82.0 cm³/mol. The topological polar surface area (TPSA) is 31.4 Å². The maximum atomic E-state index is 5.98. The number of methoxy groups -OCH3 is 1. The van der Waals surface area contributed by atoms with Crippen LogP contribution in [0.2, 0.25) is 5.15 Å². The average Bonchev–Trinajstić information content (AvgIpc) is 2.41. The fourth-order valence-corrected chi connectivity index (χ4v) is 2.55. The van der Waals surface area contributed by atoms with E-state index < -0.39 is 0 Å². The van der Waals surface area contributed by atoms with Crippen LogP contribution in [0.1, 0.15) is 5.56 Å². The van der Waals surface area contributed by atoms with E-state index in [1.165, 1.54) is 0 Å². The van der Waals surface area contributed by atoms with Gasteiger partial charge in [-0.3, -0.25) is 0 Å². The van der Waals surface area contributed by atoms with Gasteiger partial charge in [0.05, 0.1) is 16.1 Å². The van der Waals surface area contributed by atoms with Crippen molar-refractivity contribution in [1.29, 1.82) is 0 Å². The number of ether oxygens (including phenoxy) is 2. The fraction of sp³-hybridized carbons (Fsp3) is 0.154. The normalized spacial score (nSPS) is 10.3. The van der Waals surface area contributed by atoms with Gasteiger partial charge in [0.15, 0.2) is 0 Å². The lowest BCUT2D eigenvalue weighted by molar-refractivity contribution is 0.302. The summed E-state index contributed by atoms with van der Waals surface area (Å²) in [5.74, 6) is 1.44. The fourth-order valence-electron chi connectivity index (χ4n) is 1.46. The largest absolute Gasteiger partial charge is 0.496 e. The maximum Gasteiger partial charge on any atom is 0.135 e. The van der Waals surface area contributed by atoms with Gasteiger partial charge < -0.3 is 9.47 Å². The van der Waals surface area contributed by atoms with Crippen molar-refractivity contribution in [3.05, 3.63) is 50.1 Å². The monoisotopic (exact) mass is 405 g/mol. The number of nitrogens with zero attached hydrogens (tertiary/aromatic N) is 1. The van der Waals surface area contributed by atoms with Crippen molar-refractivity contribution in [2.75, 3.05) is 7.11 Å². The molecule has 1 aromatic carbocycles. The molecule has 19 heavy (non-hydrogen) atoms. The minimum absolute atomic E-state index is 0.351. The standard InChI is InChI=1S/C13H10Br2ClNO2/c1-18-11-5-10(15)12(6-9(11)14)19-7-8-3-2-4-17-13(8)16/h2-6H,7H2,1H3. The Bertz CT molecular complexity index is 593. The Kier molecular flexibility index (Phi) is 5.07. The number of hydrogen-bond donors (Lipinski definition) is 0. The van der Waals surface area contributed by atoms with Crippen LogP contribution >= 0.6 is 43.5 Å². The number of benzene rings is 1. The van der Waals surface area contributed by atoms with Crippen LogP contribution in [0.4, 0.5) is 0 Å². The van der Waals surface area contributed by atoms with Gasteiger partial charge in [0.2, 0.25) is 0 Å². The number of hydrogen-bond acceptors (Lipinski definition) is 3. The first-order chi connectivity index (χ1) is 9.11. The molecule has 0 spiro atoms. The van der Waals surface area contributed by atoms with Crippen LogP contribution in [0.3, 0.4) is 0 Å². The van der Waals surface area contributed by atoms with E-state index in [4.69, 9.17) is 21.1 Å². The molecule has 0 aliphatic rings. The first-order valence-electron chi connectivity index (χ1n) is 5.37. The first-order valence-corrected chi connectivity index (χ1v) is 7.33. The zero-order valence-corrected chi connectivity index (χ0v) is 13.9. The van der Waals surface area contributed by atoms with Crippen molar-refractivity contribution < 1.29 is 9.47 Å². The Hall–Kier alpha value is -0.780. The summed E-state index contributed by atoms with van der Waals surface area (Å²) in [7, 11) is 1.61. The van der Waals surface area contributed by atoms with Crippen LogP contribution in [0, 0.1) is 0 Å². The Morgan fingerprint density at radius 2 is 1.89 bits per heavy atom. The molecular formula is C13H10Br2ClNO2. The minimum Gasteiger partial charge on any atom is -0.496 e. The maximum absolute atomic E-state index is 5.98. The summed E-state index contributed by atoms with van der Waals surface area (Å²) in [6.45, 7) is 0.351. The molecule has 0 saturated carbocycles. The van der Waals surface area contributed by atoms with Crippen molar-refractivity contribution in [2.24, 2.45) is 0 Å². The first kappa shape index (κ1) is 14.6. The van der Waals surface area contributed by atoms with Crippen molar-refractivity contribution in [2.45, 2.75) is 6.61 Å². The molecule has 0 N–H and O–H groups in total. The highest BCUT2D eigenvalue weighted by atomic mass is 79.9. The zero-order chi connectivity index (χ0) is 13.8. The zero-order valence-electron chi connectivity index (χ0n) is 9.99. The Balaban J connectivity index is 2.16. The summed E-state index contributed by atoms with van der Waals surface area (Å²) < 4.78 is 12.6. The second kappa shape index (κ2) is 6.59. The van der Waals surface area contributed by atoms with E-state index in [-0.39, 0.29) is 0 Å². The van der Waals surface area contributed by atoms with E-state index in [0.717, 1.165) is 20.3 Å². The average molecular weight is 407 g/mol. The molecule has 1 heterocycles. The van der Waals surface area contributed by atoms with Gasteiger partial charge in [0.25, 0.3) is 0 Å². The Labute approximate surface area is 133 Å². The summed E-state index contributed by atoms with van der Waals surface area (Å²) in [4.78, 5) is 4.00. The lowest BCUT2D eigenvalue weighted by Gasteiger charge is -2.11. The Morgan fingerprint density at radius 1 is 1.21 bits per heavy atom. The van der Waals surface area contributed by atoms with E-state index in [1.807, 2.05) is 24.3 Å². The van der Waals surface area contributed by atoms with Gasteiger partial charge in [0, 0.05) is 11.8 Å². The summed E-state index contributed by atoms with van der Waals surface area (Å²) >= 11 is 12.8. The molecule has 0 aliphatic carbocycles. The molecule has 1 aromatic heterocycles. The third kappa shape index (κ3) is 3.61. The van der Waals surface area contributed by atoms with Crippen molar-refractivity contribution >= 4 is 43.5 Å². The molecule has 0 saturated heterocycles. The molecule has 6 heteroatoms. The van der Waals surface area contributed by atoms with Gasteiger partial charge in [-0.15, -0.1) is 0 Å². The Morgan fingerprint density at radius 3 is 2.58 bits per heavy atom. The van der Waals surface area contributed by atoms with E-state index >= 15 is 0 Å². The van der Waals surface area contributed by atoms with Crippen LogP contribution in [0.5, 0.6) is 11.5 Å².